The first-order valence-electron chi connectivity index (χ1n) is 11.2. The van der Waals surface area contributed by atoms with Crippen molar-refractivity contribution in [3.63, 3.8) is 0 Å². The Balaban J connectivity index is 1.21. The highest BCUT2D eigenvalue weighted by molar-refractivity contribution is 7.81. The van der Waals surface area contributed by atoms with E-state index < -0.39 is 0 Å². The maximum Gasteiger partial charge on any atom is 0.410 e. The molecule has 2 heterocycles. The molecule has 1 amide bonds. The van der Waals surface area contributed by atoms with E-state index in [1.54, 1.807) is 4.90 Å². The number of benzene rings is 3. The predicted octanol–water partition coefficient (Wildman–Crippen LogP) is 5.09. The van der Waals surface area contributed by atoms with Crippen molar-refractivity contribution in [3.05, 3.63) is 83.4 Å². The number of nitrogens with zero attached hydrogens (tertiary/aromatic N) is 3. The first-order valence-corrected chi connectivity index (χ1v) is 11.6. The van der Waals surface area contributed by atoms with E-state index >= 15 is 0 Å². The Labute approximate surface area is 196 Å². The van der Waals surface area contributed by atoms with Crippen LogP contribution in [0.25, 0.3) is 22.2 Å². The average molecular weight is 455 g/mol. The highest BCUT2D eigenvalue weighted by atomic mass is 32.1. The Kier molecular flexibility index (Phi) is 4.91. The van der Waals surface area contributed by atoms with Crippen LogP contribution in [0, 0.1) is 0 Å². The molecule has 2 aliphatic rings. The molecule has 1 fully saturated rings. The van der Waals surface area contributed by atoms with E-state index in [1.807, 2.05) is 30.3 Å². The summed E-state index contributed by atoms with van der Waals surface area (Å²) in [6, 6.07) is 22.3. The van der Waals surface area contributed by atoms with Crippen LogP contribution in [0.1, 0.15) is 35.4 Å². The number of rotatable bonds is 4. The lowest BCUT2D eigenvalue weighted by Crippen LogP contribution is -2.41. The number of hydrogen-bond acceptors (Lipinski definition) is 5. The van der Waals surface area contributed by atoms with Gasteiger partial charge in [0.2, 0.25) is 0 Å². The lowest BCUT2D eigenvalue weighted by atomic mass is 9.98. The summed E-state index contributed by atoms with van der Waals surface area (Å²) in [5, 5.41) is 11.0. The van der Waals surface area contributed by atoms with Crippen molar-refractivity contribution in [3.8, 4) is 11.1 Å². The number of thiocarbonyl (C=S) groups is 1. The van der Waals surface area contributed by atoms with Gasteiger partial charge in [0.1, 0.15) is 12.1 Å². The fourth-order valence-electron chi connectivity index (χ4n) is 5.18. The molecule has 0 unspecified atom stereocenters. The second kappa shape index (κ2) is 8.08. The second-order valence-corrected chi connectivity index (χ2v) is 8.97. The predicted molar refractivity (Wildman–Crippen MR) is 130 cm³/mol. The van der Waals surface area contributed by atoms with E-state index in [-0.39, 0.29) is 18.1 Å². The quantitative estimate of drug-likeness (QED) is 0.344. The van der Waals surface area contributed by atoms with Gasteiger partial charge in [0.25, 0.3) is 0 Å². The number of hydrogen-bond donors (Lipinski definition) is 1. The molecular weight excluding hydrogens is 432 g/mol. The van der Waals surface area contributed by atoms with Crippen LogP contribution in [0.5, 0.6) is 0 Å². The van der Waals surface area contributed by atoms with Gasteiger partial charge in [-0.1, -0.05) is 78.1 Å². The topological polar surface area (TPSA) is 71.1 Å². The van der Waals surface area contributed by atoms with Gasteiger partial charge in [-0.3, -0.25) is 5.10 Å². The zero-order valence-electron chi connectivity index (χ0n) is 17.9. The Morgan fingerprint density at radius 2 is 1.76 bits per heavy atom. The van der Waals surface area contributed by atoms with E-state index in [0.717, 1.165) is 29.4 Å². The molecule has 1 aromatic heterocycles. The summed E-state index contributed by atoms with van der Waals surface area (Å²) in [5.41, 5.74) is 7.27. The van der Waals surface area contributed by atoms with Crippen molar-refractivity contribution in [1.29, 1.82) is 0 Å². The molecule has 0 radical (unpaired) electrons. The summed E-state index contributed by atoms with van der Waals surface area (Å²) in [6.07, 6.45) is 1.40. The second-order valence-electron chi connectivity index (χ2n) is 8.53. The monoisotopic (exact) mass is 454 g/mol. The molecule has 4 aromatic rings. The molecule has 3 aromatic carbocycles. The van der Waals surface area contributed by atoms with Crippen molar-refractivity contribution in [2.24, 2.45) is 0 Å². The summed E-state index contributed by atoms with van der Waals surface area (Å²) in [6.45, 7) is 0.942. The van der Waals surface area contributed by atoms with Gasteiger partial charge in [0.05, 0.1) is 11.6 Å². The highest BCUT2D eigenvalue weighted by Crippen LogP contribution is 2.44. The molecule has 1 atom stereocenters. The van der Waals surface area contributed by atoms with E-state index in [2.05, 4.69) is 51.8 Å². The third-order valence-electron chi connectivity index (χ3n) is 6.75. The molecule has 1 N–H and O–H groups in total. The summed E-state index contributed by atoms with van der Waals surface area (Å²) in [7, 11) is 0. The van der Waals surface area contributed by atoms with Crippen molar-refractivity contribution in [1.82, 2.24) is 20.3 Å². The maximum absolute atomic E-state index is 13.2. The number of aromatic amines is 1. The minimum atomic E-state index is -0.311. The third-order valence-corrected chi connectivity index (χ3v) is 7.24. The van der Waals surface area contributed by atoms with Crippen molar-refractivity contribution >= 4 is 34.2 Å². The molecule has 6 rings (SSSR count). The van der Waals surface area contributed by atoms with Gasteiger partial charge >= 0.3 is 6.09 Å². The standard InChI is InChI=1S/C26H22N4O2S/c31-26(32-15-21-18-9-3-1-7-16(18)17-8-2-4-10-19(17)21)30-14-6-13-23(30)25(33)20-11-5-12-22-24(20)28-29-27-22/h1-5,7-12,21,23H,6,13-15H2,(H,27,28,29)/t23-/m0/s1. The van der Waals surface area contributed by atoms with E-state index in [0.29, 0.717) is 18.0 Å². The SMILES string of the molecule is O=C(OCC1c2ccccc2-c2ccccc21)N1CCC[C@H]1C(=S)c1cccc2[nH]nnc12. The molecule has 33 heavy (non-hydrogen) atoms. The van der Waals surface area contributed by atoms with Crippen LogP contribution in [0.2, 0.25) is 0 Å². The van der Waals surface area contributed by atoms with E-state index in [4.69, 9.17) is 17.0 Å². The highest BCUT2D eigenvalue weighted by Gasteiger charge is 2.35. The Morgan fingerprint density at radius 1 is 1.03 bits per heavy atom. The molecule has 1 aliphatic heterocycles. The largest absolute Gasteiger partial charge is 0.448 e. The van der Waals surface area contributed by atoms with E-state index in [1.165, 1.54) is 22.3 Å². The van der Waals surface area contributed by atoms with Gasteiger partial charge in [-0.15, -0.1) is 5.10 Å². The minimum Gasteiger partial charge on any atom is -0.448 e. The van der Waals surface area contributed by atoms with Crippen LogP contribution < -0.4 is 0 Å². The van der Waals surface area contributed by atoms with Crippen LogP contribution in [-0.2, 0) is 4.74 Å². The zero-order valence-corrected chi connectivity index (χ0v) is 18.7. The van der Waals surface area contributed by atoms with Crippen LogP contribution >= 0.6 is 12.2 Å². The number of likely N-dealkylation sites (tertiary alicyclic amines) is 1. The third kappa shape index (κ3) is 3.31. The molecule has 1 aliphatic carbocycles. The van der Waals surface area contributed by atoms with Gasteiger partial charge in [-0.25, -0.2) is 4.79 Å². The van der Waals surface area contributed by atoms with Crippen LogP contribution in [0.3, 0.4) is 0 Å². The number of carbonyl (C=O) groups is 1. The van der Waals surface area contributed by atoms with Crippen molar-refractivity contribution in [2.45, 2.75) is 24.8 Å². The first kappa shape index (κ1) is 20.1. The van der Waals surface area contributed by atoms with Gasteiger partial charge < -0.3 is 9.64 Å². The normalized spacial score (nSPS) is 17.2. The van der Waals surface area contributed by atoms with Crippen molar-refractivity contribution < 1.29 is 9.53 Å². The number of nitrogens with one attached hydrogen (secondary N) is 1. The van der Waals surface area contributed by atoms with Gasteiger partial charge in [-0.05, 0) is 41.2 Å². The number of ether oxygens (including phenoxy) is 1. The molecule has 164 valence electrons. The lowest BCUT2D eigenvalue weighted by molar-refractivity contribution is 0.103. The molecule has 6 nitrogen and oxygen atoms in total. The number of H-pyrrole nitrogens is 1. The fourth-order valence-corrected chi connectivity index (χ4v) is 5.59. The maximum atomic E-state index is 13.2. The van der Waals surface area contributed by atoms with Crippen LogP contribution in [0.15, 0.2) is 66.7 Å². The van der Waals surface area contributed by atoms with Crippen LogP contribution in [0.4, 0.5) is 4.79 Å². The Morgan fingerprint density at radius 3 is 2.52 bits per heavy atom. The number of aromatic nitrogens is 3. The Hall–Kier alpha value is -3.58. The number of carbonyl (C=O) groups excluding carboxylic acids is 1. The summed E-state index contributed by atoms with van der Waals surface area (Å²) >= 11 is 5.83. The first-order chi connectivity index (χ1) is 16.2. The number of amides is 1. The summed E-state index contributed by atoms with van der Waals surface area (Å²) in [5.74, 6) is 0.0400. The summed E-state index contributed by atoms with van der Waals surface area (Å²) < 4.78 is 5.91. The lowest BCUT2D eigenvalue weighted by Gasteiger charge is -2.26. The molecule has 0 saturated carbocycles. The molecule has 0 bridgehead atoms. The van der Waals surface area contributed by atoms with Gasteiger partial charge in [-0.2, -0.15) is 0 Å². The smallest absolute Gasteiger partial charge is 0.410 e. The average Bonchev–Trinajstić information content (AvgIpc) is 3.59. The van der Waals surface area contributed by atoms with Crippen LogP contribution in [-0.4, -0.2) is 50.5 Å². The fraction of sp³-hybridized carbons (Fsp3) is 0.231. The van der Waals surface area contributed by atoms with Gasteiger partial charge in [0.15, 0.2) is 0 Å². The Bertz CT molecular complexity index is 1340. The minimum absolute atomic E-state index is 0.0400. The molecule has 0 spiro atoms. The zero-order chi connectivity index (χ0) is 22.4. The number of fused-ring (bicyclic) bond motifs is 4. The molecular formula is C26H22N4O2S. The molecule has 7 heteroatoms. The van der Waals surface area contributed by atoms with Gasteiger partial charge in [0, 0.05) is 22.9 Å². The van der Waals surface area contributed by atoms with E-state index in [9.17, 15) is 4.79 Å². The summed E-state index contributed by atoms with van der Waals surface area (Å²) in [4.78, 5) is 15.7. The van der Waals surface area contributed by atoms with Crippen molar-refractivity contribution in [2.75, 3.05) is 13.2 Å². The molecule has 1 saturated heterocycles.